The van der Waals surface area contributed by atoms with Crippen LogP contribution in [0, 0.1) is 0 Å². The molecule has 0 spiro atoms. The first kappa shape index (κ1) is 11.4. The lowest BCUT2D eigenvalue weighted by Gasteiger charge is -2.32. The van der Waals surface area contributed by atoms with Gasteiger partial charge in [-0.05, 0) is 12.8 Å². The van der Waals surface area contributed by atoms with Gasteiger partial charge < -0.3 is 15.4 Å². The van der Waals surface area contributed by atoms with Gasteiger partial charge in [0.1, 0.15) is 5.02 Å². The summed E-state index contributed by atoms with van der Waals surface area (Å²) in [6.07, 6.45) is 3.85. The van der Waals surface area contributed by atoms with Gasteiger partial charge in [0.2, 0.25) is 5.95 Å². The first-order valence-corrected chi connectivity index (χ1v) is 5.64. The predicted octanol–water partition coefficient (Wildman–Crippen LogP) is 1.33. The zero-order valence-corrected chi connectivity index (χ0v) is 9.94. The SMILES string of the molecule is COC1CCN(c2nc(N)ncc2Cl)CC1. The number of halogens is 1. The van der Waals surface area contributed by atoms with Gasteiger partial charge in [-0.1, -0.05) is 11.6 Å². The number of nitrogens with zero attached hydrogens (tertiary/aromatic N) is 3. The molecular weight excluding hydrogens is 228 g/mol. The van der Waals surface area contributed by atoms with E-state index >= 15 is 0 Å². The number of methoxy groups -OCH3 is 1. The Morgan fingerprint density at radius 1 is 1.50 bits per heavy atom. The lowest BCUT2D eigenvalue weighted by Crippen LogP contribution is -2.37. The van der Waals surface area contributed by atoms with Crippen molar-refractivity contribution in [2.75, 3.05) is 30.8 Å². The van der Waals surface area contributed by atoms with Crippen LogP contribution in [-0.4, -0.2) is 36.3 Å². The molecule has 6 heteroatoms. The summed E-state index contributed by atoms with van der Waals surface area (Å²) in [4.78, 5) is 10.1. The highest BCUT2D eigenvalue weighted by Crippen LogP contribution is 2.26. The van der Waals surface area contributed by atoms with Gasteiger partial charge in [0.05, 0.1) is 12.3 Å². The summed E-state index contributed by atoms with van der Waals surface area (Å²) in [6, 6.07) is 0. The van der Waals surface area contributed by atoms with E-state index in [2.05, 4.69) is 14.9 Å². The molecule has 1 fully saturated rings. The van der Waals surface area contributed by atoms with Gasteiger partial charge in [-0.2, -0.15) is 4.98 Å². The fourth-order valence-corrected chi connectivity index (χ4v) is 2.11. The van der Waals surface area contributed by atoms with Crippen molar-refractivity contribution < 1.29 is 4.74 Å². The van der Waals surface area contributed by atoms with E-state index in [1.807, 2.05) is 0 Å². The Morgan fingerprint density at radius 2 is 2.19 bits per heavy atom. The van der Waals surface area contributed by atoms with Crippen LogP contribution in [0.1, 0.15) is 12.8 Å². The molecule has 0 atom stereocenters. The van der Waals surface area contributed by atoms with Crippen molar-refractivity contribution in [3.63, 3.8) is 0 Å². The summed E-state index contributed by atoms with van der Waals surface area (Å²) in [6.45, 7) is 1.77. The van der Waals surface area contributed by atoms with Gasteiger partial charge in [0.15, 0.2) is 5.82 Å². The van der Waals surface area contributed by atoms with Crippen molar-refractivity contribution >= 4 is 23.4 Å². The maximum atomic E-state index is 6.05. The number of nitrogen functional groups attached to an aromatic ring is 1. The Hall–Kier alpha value is -1.07. The standard InChI is InChI=1S/C10H15ClN4O/c1-16-7-2-4-15(5-3-7)9-8(11)6-13-10(12)14-9/h6-7H,2-5H2,1H3,(H2,12,13,14). The van der Waals surface area contributed by atoms with Gasteiger partial charge >= 0.3 is 0 Å². The summed E-state index contributed by atoms with van der Waals surface area (Å²) in [5.41, 5.74) is 5.56. The van der Waals surface area contributed by atoms with E-state index in [1.54, 1.807) is 13.3 Å². The molecule has 0 bridgehead atoms. The summed E-state index contributed by atoms with van der Waals surface area (Å²) in [7, 11) is 1.75. The minimum absolute atomic E-state index is 0.258. The van der Waals surface area contributed by atoms with Gasteiger partial charge in [0.25, 0.3) is 0 Å². The van der Waals surface area contributed by atoms with E-state index < -0.39 is 0 Å². The molecule has 1 aliphatic rings. The molecule has 1 saturated heterocycles. The first-order valence-electron chi connectivity index (χ1n) is 5.26. The second-order valence-electron chi connectivity index (χ2n) is 3.82. The van der Waals surface area contributed by atoms with Gasteiger partial charge in [-0.3, -0.25) is 0 Å². The van der Waals surface area contributed by atoms with E-state index in [1.165, 1.54) is 0 Å². The largest absolute Gasteiger partial charge is 0.381 e. The van der Waals surface area contributed by atoms with Crippen molar-refractivity contribution in [1.29, 1.82) is 0 Å². The minimum Gasteiger partial charge on any atom is -0.381 e. The van der Waals surface area contributed by atoms with Crippen LogP contribution in [0.4, 0.5) is 11.8 Å². The zero-order valence-electron chi connectivity index (χ0n) is 9.19. The molecule has 2 rings (SSSR count). The molecule has 0 amide bonds. The molecule has 1 aromatic heterocycles. The van der Waals surface area contributed by atoms with Crippen LogP contribution in [0.15, 0.2) is 6.20 Å². The Morgan fingerprint density at radius 3 is 2.81 bits per heavy atom. The first-order chi connectivity index (χ1) is 7.70. The lowest BCUT2D eigenvalue weighted by atomic mass is 10.1. The van der Waals surface area contributed by atoms with E-state index in [4.69, 9.17) is 22.1 Å². The van der Waals surface area contributed by atoms with Crippen LogP contribution >= 0.6 is 11.6 Å². The number of hydrogen-bond acceptors (Lipinski definition) is 5. The molecule has 0 radical (unpaired) electrons. The molecular formula is C10H15ClN4O. The molecule has 88 valence electrons. The smallest absolute Gasteiger partial charge is 0.222 e. The Labute approximate surface area is 99.6 Å². The fourth-order valence-electron chi connectivity index (χ4n) is 1.90. The van der Waals surface area contributed by atoms with Gasteiger partial charge in [-0.25, -0.2) is 4.98 Å². The Bertz CT molecular complexity index is 366. The van der Waals surface area contributed by atoms with E-state index in [-0.39, 0.29) is 5.95 Å². The molecule has 0 saturated carbocycles. The topological polar surface area (TPSA) is 64.3 Å². The highest BCUT2D eigenvalue weighted by Gasteiger charge is 2.21. The van der Waals surface area contributed by atoms with E-state index in [0.717, 1.165) is 31.7 Å². The molecule has 0 unspecified atom stereocenters. The average molecular weight is 243 g/mol. The molecule has 1 aromatic rings. The van der Waals surface area contributed by atoms with Gasteiger partial charge in [-0.15, -0.1) is 0 Å². The highest BCUT2D eigenvalue weighted by atomic mass is 35.5. The van der Waals surface area contributed by atoms with Crippen LogP contribution in [0.2, 0.25) is 5.02 Å². The summed E-state index contributed by atoms with van der Waals surface area (Å²) in [5, 5.41) is 0.546. The van der Waals surface area contributed by atoms with Crippen molar-refractivity contribution in [3.05, 3.63) is 11.2 Å². The fraction of sp³-hybridized carbons (Fsp3) is 0.600. The number of hydrogen-bond donors (Lipinski definition) is 1. The number of nitrogens with two attached hydrogens (primary N) is 1. The number of aromatic nitrogens is 2. The third-order valence-corrected chi connectivity index (χ3v) is 3.09. The van der Waals surface area contributed by atoms with Crippen LogP contribution in [0.25, 0.3) is 0 Å². The minimum atomic E-state index is 0.258. The second kappa shape index (κ2) is 4.84. The van der Waals surface area contributed by atoms with Crippen LogP contribution < -0.4 is 10.6 Å². The lowest BCUT2D eigenvalue weighted by molar-refractivity contribution is 0.0818. The van der Waals surface area contributed by atoms with Crippen molar-refractivity contribution in [3.8, 4) is 0 Å². The molecule has 5 nitrogen and oxygen atoms in total. The molecule has 16 heavy (non-hydrogen) atoms. The predicted molar refractivity (Wildman–Crippen MR) is 63.7 cm³/mol. The Balaban J connectivity index is 2.10. The molecule has 0 aliphatic carbocycles. The molecule has 2 N–H and O–H groups in total. The molecule has 2 heterocycles. The summed E-state index contributed by atoms with van der Waals surface area (Å²) >= 11 is 6.05. The number of anilines is 2. The van der Waals surface area contributed by atoms with E-state index in [9.17, 15) is 0 Å². The molecule has 0 aromatic carbocycles. The monoisotopic (exact) mass is 242 g/mol. The molecule has 1 aliphatic heterocycles. The maximum Gasteiger partial charge on any atom is 0.222 e. The highest BCUT2D eigenvalue weighted by molar-refractivity contribution is 6.32. The number of rotatable bonds is 2. The van der Waals surface area contributed by atoms with Crippen molar-refractivity contribution in [1.82, 2.24) is 9.97 Å². The van der Waals surface area contributed by atoms with Crippen LogP contribution in [0.3, 0.4) is 0 Å². The van der Waals surface area contributed by atoms with Crippen molar-refractivity contribution in [2.24, 2.45) is 0 Å². The summed E-state index contributed by atoms with van der Waals surface area (Å²) < 4.78 is 5.31. The van der Waals surface area contributed by atoms with Crippen molar-refractivity contribution in [2.45, 2.75) is 18.9 Å². The van der Waals surface area contributed by atoms with Crippen LogP contribution in [-0.2, 0) is 4.74 Å². The third kappa shape index (κ3) is 2.36. The Kier molecular flexibility index (Phi) is 3.46. The number of piperidine rings is 1. The second-order valence-corrected chi connectivity index (χ2v) is 4.23. The van der Waals surface area contributed by atoms with E-state index in [0.29, 0.717) is 11.1 Å². The number of ether oxygens (including phenoxy) is 1. The zero-order chi connectivity index (χ0) is 11.5. The average Bonchev–Trinajstić information content (AvgIpc) is 2.32. The van der Waals surface area contributed by atoms with Gasteiger partial charge in [0, 0.05) is 20.2 Å². The third-order valence-electron chi connectivity index (χ3n) is 2.82. The van der Waals surface area contributed by atoms with Crippen LogP contribution in [0.5, 0.6) is 0 Å². The summed E-state index contributed by atoms with van der Waals surface area (Å²) in [5.74, 6) is 0.983. The normalized spacial score (nSPS) is 17.8. The quantitative estimate of drug-likeness (QED) is 0.848. The maximum absolute atomic E-state index is 6.05.